The molecular formula is C13H24N2O3. The van der Waals surface area contributed by atoms with Crippen molar-refractivity contribution >= 4 is 6.09 Å². The summed E-state index contributed by atoms with van der Waals surface area (Å²) < 4.78 is 5.20. The molecule has 2 atom stereocenters. The molecule has 0 aromatic rings. The van der Waals surface area contributed by atoms with E-state index in [0.29, 0.717) is 19.3 Å². The molecule has 0 aliphatic rings. The number of nitrogens with zero attached hydrogens (tertiary/aromatic N) is 2. The fourth-order valence-electron chi connectivity index (χ4n) is 1.41. The normalized spacial score (nSPS) is 14.5. The molecule has 0 aromatic carbocycles. The Morgan fingerprint density at radius 2 is 2.00 bits per heavy atom. The number of aliphatic hydroxyl groups excluding tert-OH is 1. The minimum Gasteiger partial charge on any atom is -0.444 e. The third-order valence-corrected chi connectivity index (χ3v) is 2.40. The number of hydrogen-bond acceptors (Lipinski definition) is 4. The lowest BCUT2D eigenvalue weighted by Gasteiger charge is -2.27. The van der Waals surface area contributed by atoms with E-state index in [-0.39, 0.29) is 6.10 Å². The Balaban J connectivity index is 4.30. The number of aliphatic hydroxyl groups is 1. The average molecular weight is 256 g/mol. The first kappa shape index (κ1) is 16.7. The molecule has 0 fully saturated rings. The summed E-state index contributed by atoms with van der Waals surface area (Å²) in [6.07, 6.45) is 0.989. The summed E-state index contributed by atoms with van der Waals surface area (Å²) in [4.78, 5) is 13.1. The van der Waals surface area contributed by atoms with Crippen molar-refractivity contribution in [3.05, 3.63) is 0 Å². The second-order valence-electron chi connectivity index (χ2n) is 5.52. The van der Waals surface area contributed by atoms with Crippen molar-refractivity contribution in [1.29, 1.82) is 5.26 Å². The van der Waals surface area contributed by atoms with Crippen LogP contribution < -0.4 is 0 Å². The van der Waals surface area contributed by atoms with Crippen molar-refractivity contribution in [3.63, 3.8) is 0 Å². The standard InChI is InChI=1S/C13H24N2O3/c1-10(16)7-6-8-11(9-14)15(5)12(17)18-13(2,3)4/h10-11,16H,6-8H2,1-5H3/t10-,11+/m1/s1. The highest BCUT2D eigenvalue weighted by Gasteiger charge is 2.24. The molecule has 0 aliphatic heterocycles. The summed E-state index contributed by atoms with van der Waals surface area (Å²) in [5.41, 5.74) is -0.565. The van der Waals surface area contributed by atoms with Crippen molar-refractivity contribution in [3.8, 4) is 6.07 Å². The Hall–Kier alpha value is -1.28. The van der Waals surface area contributed by atoms with Crippen LogP contribution in [-0.2, 0) is 4.74 Å². The molecule has 0 aliphatic carbocycles. The van der Waals surface area contributed by atoms with Gasteiger partial charge in [-0.25, -0.2) is 4.79 Å². The zero-order chi connectivity index (χ0) is 14.3. The largest absolute Gasteiger partial charge is 0.444 e. The molecule has 5 nitrogen and oxygen atoms in total. The molecule has 0 unspecified atom stereocenters. The van der Waals surface area contributed by atoms with E-state index < -0.39 is 17.7 Å². The van der Waals surface area contributed by atoms with Crippen LogP contribution in [0, 0.1) is 11.3 Å². The van der Waals surface area contributed by atoms with Crippen LogP contribution in [0.25, 0.3) is 0 Å². The first-order valence-corrected chi connectivity index (χ1v) is 6.21. The van der Waals surface area contributed by atoms with Gasteiger partial charge in [-0.15, -0.1) is 0 Å². The van der Waals surface area contributed by atoms with Gasteiger partial charge in [0.05, 0.1) is 12.2 Å². The van der Waals surface area contributed by atoms with Crippen molar-refractivity contribution in [2.24, 2.45) is 0 Å². The average Bonchev–Trinajstić information content (AvgIpc) is 2.20. The van der Waals surface area contributed by atoms with Crippen LogP contribution >= 0.6 is 0 Å². The van der Waals surface area contributed by atoms with E-state index in [9.17, 15) is 4.79 Å². The zero-order valence-electron chi connectivity index (χ0n) is 11.9. The summed E-state index contributed by atoms with van der Waals surface area (Å²) >= 11 is 0. The van der Waals surface area contributed by atoms with Gasteiger partial charge in [-0.05, 0) is 47.0 Å². The molecular weight excluding hydrogens is 232 g/mol. The highest BCUT2D eigenvalue weighted by Crippen LogP contribution is 2.13. The maximum atomic E-state index is 11.8. The maximum Gasteiger partial charge on any atom is 0.411 e. The van der Waals surface area contributed by atoms with Crippen LogP contribution in [0.5, 0.6) is 0 Å². The van der Waals surface area contributed by atoms with E-state index in [1.165, 1.54) is 4.90 Å². The van der Waals surface area contributed by atoms with Gasteiger partial charge in [0.1, 0.15) is 11.6 Å². The highest BCUT2D eigenvalue weighted by atomic mass is 16.6. The van der Waals surface area contributed by atoms with Crippen LogP contribution in [0.1, 0.15) is 47.0 Å². The first-order valence-electron chi connectivity index (χ1n) is 6.21. The lowest BCUT2D eigenvalue weighted by Crippen LogP contribution is -2.40. The van der Waals surface area contributed by atoms with E-state index in [4.69, 9.17) is 15.1 Å². The van der Waals surface area contributed by atoms with Crippen LogP contribution in [-0.4, -0.2) is 40.9 Å². The quantitative estimate of drug-likeness (QED) is 0.819. The van der Waals surface area contributed by atoms with Gasteiger partial charge in [0, 0.05) is 7.05 Å². The summed E-state index contributed by atoms with van der Waals surface area (Å²) in [6.45, 7) is 7.06. The van der Waals surface area contributed by atoms with Crippen LogP contribution in [0.2, 0.25) is 0 Å². The Morgan fingerprint density at radius 3 is 2.39 bits per heavy atom. The van der Waals surface area contributed by atoms with Crippen LogP contribution in [0.4, 0.5) is 4.79 Å². The Morgan fingerprint density at radius 1 is 1.44 bits per heavy atom. The summed E-state index contributed by atoms with van der Waals surface area (Å²) in [7, 11) is 1.56. The van der Waals surface area contributed by atoms with E-state index >= 15 is 0 Å². The van der Waals surface area contributed by atoms with E-state index in [1.54, 1.807) is 34.7 Å². The number of nitriles is 1. The molecule has 0 heterocycles. The first-order chi connectivity index (χ1) is 8.17. The van der Waals surface area contributed by atoms with E-state index in [0.717, 1.165) is 0 Å². The molecule has 0 saturated heterocycles. The van der Waals surface area contributed by atoms with Crippen molar-refractivity contribution in [2.75, 3.05) is 7.05 Å². The molecule has 0 bridgehead atoms. The third-order valence-electron chi connectivity index (χ3n) is 2.40. The number of rotatable bonds is 5. The van der Waals surface area contributed by atoms with Gasteiger partial charge in [-0.1, -0.05) is 0 Å². The Kier molecular flexibility index (Phi) is 6.71. The van der Waals surface area contributed by atoms with Crippen molar-refractivity contribution in [1.82, 2.24) is 4.90 Å². The second-order valence-corrected chi connectivity index (χ2v) is 5.52. The molecule has 0 radical (unpaired) electrons. The predicted octanol–water partition coefficient (Wildman–Crippen LogP) is 2.30. The lowest BCUT2D eigenvalue weighted by molar-refractivity contribution is 0.0252. The summed E-state index contributed by atoms with van der Waals surface area (Å²) in [6, 6.07) is 1.57. The summed E-state index contributed by atoms with van der Waals surface area (Å²) in [5.74, 6) is 0. The molecule has 104 valence electrons. The highest BCUT2D eigenvalue weighted by molar-refractivity contribution is 5.68. The lowest BCUT2D eigenvalue weighted by atomic mass is 10.1. The molecule has 0 saturated carbocycles. The Bertz CT molecular complexity index is 302. The predicted molar refractivity (Wildman–Crippen MR) is 68.9 cm³/mol. The molecule has 18 heavy (non-hydrogen) atoms. The van der Waals surface area contributed by atoms with E-state index in [1.807, 2.05) is 0 Å². The topological polar surface area (TPSA) is 73.6 Å². The second kappa shape index (κ2) is 7.22. The Labute approximate surface area is 109 Å². The molecule has 5 heteroatoms. The van der Waals surface area contributed by atoms with Gasteiger partial charge >= 0.3 is 6.09 Å². The minimum atomic E-state index is -0.565. The molecule has 0 rings (SSSR count). The number of carbonyl (C=O) groups is 1. The monoisotopic (exact) mass is 256 g/mol. The van der Waals surface area contributed by atoms with Gasteiger partial charge in [0.2, 0.25) is 0 Å². The van der Waals surface area contributed by atoms with Gasteiger partial charge in [-0.2, -0.15) is 5.26 Å². The SMILES string of the molecule is C[C@@H](O)CCC[C@@H](C#N)N(C)C(=O)OC(C)(C)C. The van der Waals surface area contributed by atoms with Gasteiger partial charge in [-0.3, -0.25) is 4.90 Å². The molecule has 1 N–H and O–H groups in total. The fraction of sp³-hybridized carbons (Fsp3) is 0.846. The molecule has 1 amide bonds. The van der Waals surface area contributed by atoms with Gasteiger partial charge in [0.15, 0.2) is 0 Å². The third kappa shape index (κ3) is 7.13. The number of carbonyl (C=O) groups excluding carboxylic acids is 1. The van der Waals surface area contributed by atoms with Gasteiger partial charge < -0.3 is 9.84 Å². The number of amides is 1. The molecule has 0 spiro atoms. The minimum absolute atomic E-state index is 0.379. The van der Waals surface area contributed by atoms with Crippen molar-refractivity contribution < 1.29 is 14.6 Å². The molecule has 0 aromatic heterocycles. The maximum absolute atomic E-state index is 11.8. The zero-order valence-corrected chi connectivity index (χ0v) is 11.9. The fourth-order valence-corrected chi connectivity index (χ4v) is 1.41. The van der Waals surface area contributed by atoms with E-state index in [2.05, 4.69) is 6.07 Å². The van der Waals surface area contributed by atoms with Crippen LogP contribution in [0.3, 0.4) is 0 Å². The smallest absolute Gasteiger partial charge is 0.411 e. The summed E-state index contributed by atoms with van der Waals surface area (Å²) in [5, 5.41) is 18.2. The van der Waals surface area contributed by atoms with Crippen molar-refractivity contribution in [2.45, 2.75) is 64.7 Å². The van der Waals surface area contributed by atoms with Crippen LogP contribution in [0.15, 0.2) is 0 Å². The van der Waals surface area contributed by atoms with Gasteiger partial charge in [0.25, 0.3) is 0 Å². The number of ether oxygens (including phenoxy) is 1. The number of hydrogen-bond donors (Lipinski definition) is 1.